The molecule has 0 bridgehead atoms. The summed E-state index contributed by atoms with van der Waals surface area (Å²) in [5.74, 6) is 2.29. The lowest BCUT2D eigenvalue weighted by Crippen LogP contribution is -2.44. The molecule has 2 aliphatic heterocycles. The van der Waals surface area contributed by atoms with Gasteiger partial charge in [-0.1, -0.05) is 13.0 Å². The maximum absolute atomic E-state index is 13.7. The van der Waals surface area contributed by atoms with Gasteiger partial charge in [0.25, 0.3) is 5.91 Å². The molecule has 0 saturated carbocycles. The molecule has 0 aliphatic carbocycles. The number of nitrogens with zero attached hydrogens (tertiary/aromatic N) is 1. The van der Waals surface area contributed by atoms with Gasteiger partial charge in [-0.2, -0.15) is 0 Å². The molecule has 35 heavy (non-hydrogen) atoms. The van der Waals surface area contributed by atoms with Crippen molar-refractivity contribution in [2.45, 2.75) is 32.4 Å². The predicted octanol–water partition coefficient (Wildman–Crippen LogP) is 3.95. The standard InChI is InChI=1S/C27H35NO7/c1-27(16-33-17-27)18-35-25-12-19(7-10-23(25)31-3)14-28(15-21-6-5-11-34-21)26(29)22-9-8-20(30-2)13-24(22)32-4/h7-10,12-13,21H,5-6,11,14-18H2,1-4H3. The average Bonchev–Trinajstić information content (AvgIpc) is 3.38. The smallest absolute Gasteiger partial charge is 0.258 e. The fourth-order valence-corrected chi connectivity index (χ4v) is 4.34. The zero-order valence-corrected chi connectivity index (χ0v) is 21.0. The van der Waals surface area contributed by atoms with E-state index in [9.17, 15) is 4.79 Å². The first-order valence-electron chi connectivity index (χ1n) is 11.9. The van der Waals surface area contributed by atoms with Crippen LogP contribution >= 0.6 is 0 Å². The van der Waals surface area contributed by atoms with E-state index < -0.39 is 0 Å². The Labute approximate surface area is 207 Å². The van der Waals surface area contributed by atoms with Crippen molar-refractivity contribution in [1.82, 2.24) is 4.90 Å². The van der Waals surface area contributed by atoms with E-state index in [1.54, 1.807) is 39.5 Å². The van der Waals surface area contributed by atoms with Crippen molar-refractivity contribution >= 4 is 5.91 Å². The maximum atomic E-state index is 13.7. The summed E-state index contributed by atoms with van der Waals surface area (Å²) >= 11 is 0. The van der Waals surface area contributed by atoms with Gasteiger partial charge in [0.15, 0.2) is 11.5 Å². The van der Waals surface area contributed by atoms with Crippen molar-refractivity contribution in [2.75, 3.05) is 54.3 Å². The third-order valence-corrected chi connectivity index (χ3v) is 6.45. The molecule has 1 amide bonds. The van der Waals surface area contributed by atoms with Crippen LogP contribution in [0.1, 0.15) is 35.7 Å². The number of amides is 1. The van der Waals surface area contributed by atoms with E-state index in [-0.39, 0.29) is 17.4 Å². The highest BCUT2D eigenvalue weighted by atomic mass is 16.5. The quantitative estimate of drug-likeness (QED) is 0.477. The summed E-state index contributed by atoms with van der Waals surface area (Å²) < 4.78 is 33.6. The molecule has 0 radical (unpaired) electrons. The summed E-state index contributed by atoms with van der Waals surface area (Å²) in [6.07, 6.45) is 1.94. The molecule has 2 saturated heterocycles. The lowest BCUT2D eigenvalue weighted by Gasteiger charge is -2.37. The van der Waals surface area contributed by atoms with Gasteiger partial charge in [0, 0.05) is 31.2 Å². The van der Waals surface area contributed by atoms with Gasteiger partial charge >= 0.3 is 0 Å². The Kier molecular flexibility index (Phi) is 8.03. The van der Waals surface area contributed by atoms with Gasteiger partial charge in [-0.3, -0.25) is 4.79 Å². The van der Waals surface area contributed by atoms with Gasteiger partial charge in [-0.05, 0) is 42.7 Å². The second-order valence-electron chi connectivity index (χ2n) is 9.46. The van der Waals surface area contributed by atoms with Crippen LogP contribution in [-0.2, 0) is 16.0 Å². The molecule has 2 aromatic carbocycles. The zero-order valence-electron chi connectivity index (χ0n) is 21.0. The molecular formula is C27H35NO7. The molecule has 2 heterocycles. The Morgan fingerprint density at radius 1 is 1.03 bits per heavy atom. The number of rotatable bonds is 11. The van der Waals surface area contributed by atoms with Crippen LogP contribution in [-0.4, -0.2) is 71.2 Å². The lowest BCUT2D eigenvalue weighted by atomic mass is 9.90. The van der Waals surface area contributed by atoms with Gasteiger partial charge < -0.3 is 33.3 Å². The average molecular weight is 486 g/mol. The van der Waals surface area contributed by atoms with E-state index in [0.717, 1.165) is 25.0 Å². The van der Waals surface area contributed by atoms with Crippen LogP contribution < -0.4 is 18.9 Å². The molecule has 0 spiro atoms. The summed E-state index contributed by atoms with van der Waals surface area (Å²) in [5.41, 5.74) is 1.43. The first kappa shape index (κ1) is 25.1. The molecule has 2 aromatic rings. The number of methoxy groups -OCH3 is 3. The molecular weight excluding hydrogens is 450 g/mol. The van der Waals surface area contributed by atoms with E-state index in [1.165, 1.54) is 0 Å². The van der Waals surface area contributed by atoms with E-state index >= 15 is 0 Å². The maximum Gasteiger partial charge on any atom is 0.258 e. The summed E-state index contributed by atoms with van der Waals surface area (Å²) in [5, 5.41) is 0. The minimum atomic E-state index is -0.127. The van der Waals surface area contributed by atoms with Crippen LogP contribution in [0, 0.1) is 5.41 Å². The second-order valence-corrected chi connectivity index (χ2v) is 9.46. The van der Waals surface area contributed by atoms with Gasteiger partial charge in [0.1, 0.15) is 11.5 Å². The molecule has 190 valence electrons. The Morgan fingerprint density at radius 3 is 2.46 bits per heavy atom. The molecule has 8 heteroatoms. The highest BCUT2D eigenvalue weighted by molar-refractivity contribution is 5.97. The fraction of sp³-hybridized carbons (Fsp3) is 0.519. The Balaban J connectivity index is 1.57. The summed E-state index contributed by atoms with van der Waals surface area (Å²) in [6.45, 7) is 5.65. The van der Waals surface area contributed by atoms with Gasteiger partial charge in [-0.25, -0.2) is 0 Å². The van der Waals surface area contributed by atoms with Gasteiger partial charge in [0.2, 0.25) is 0 Å². The number of carbonyl (C=O) groups is 1. The highest BCUT2D eigenvalue weighted by Gasteiger charge is 2.34. The summed E-state index contributed by atoms with van der Waals surface area (Å²) in [6, 6.07) is 11.0. The number of benzene rings is 2. The molecule has 0 aromatic heterocycles. The van der Waals surface area contributed by atoms with E-state index in [4.69, 9.17) is 28.4 Å². The largest absolute Gasteiger partial charge is 0.497 e. The highest BCUT2D eigenvalue weighted by Crippen LogP contribution is 2.33. The van der Waals surface area contributed by atoms with Crippen LogP contribution in [0.2, 0.25) is 0 Å². The topological polar surface area (TPSA) is 75.7 Å². The molecule has 1 unspecified atom stereocenters. The number of hydrogen-bond donors (Lipinski definition) is 0. The first-order valence-corrected chi connectivity index (χ1v) is 11.9. The number of ether oxygens (including phenoxy) is 6. The van der Waals surface area contributed by atoms with Crippen molar-refractivity contribution in [3.05, 3.63) is 47.5 Å². The molecule has 2 fully saturated rings. The van der Waals surface area contributed by atoms with Crippen molar-refractivity contribution < 1.29 is 33.2 Å². The lowest BCUT2D eigenvalue weighted by molar-refractivity contribution is -0.120. The van der Waals surface area contributed by atoms with E-state index in [1.807, 2.05) is 23.1 Å². The molecule has 0 N–H and O–H groups in total. The van der Waals surface area contributed by atoms with E-state index in [2.05, 4.69) is 6.92 Å². The minimum absolute atomic E-state index is 0.00769. The molecule has 1 atom stereocenters. The van der Waals surface area contributed by atoms with Crippen molar-refractivity contribution in [1.29, 1.82) is 0 Å². The van der Waals surface area contributed by atoms with Crippen LogP contribution in [0.5, 0.6) is 23.0 Å². The van der Waals surface area contributed by atoms with Crippen LogP contribution in [0.25, 0.3) is 0 Å². The van der Waals surface area contributed by atoms with Crippen molar-refractivity contribution in [2.24, 2.45) is 5.41 Å². The molecule has 2 aliphatic rings. The summed E-state index contributed by atoms with van der Waals surface area (Å²) in [4.78, 5) is 15.5. The summed E-state index contributed by atoms with van der Waals surface area (Å²) in [7, 11) is 4.76. The first-order chi connectivity index (χ1) is 16.9. The predicted molar refractivity (Wildman–Crippen MR) is 131 cm³/mol. The Morgan fingerprint density at radius 2 is 1.83 bits per heavy atom. The third kappa shape index (κ3) is 6.00. The monoisotopic (exact) mass is 485 g/mol. The van der Waals surface area contributed by atoms with Gasteiger partial charge in [0.05, 0.1) is 52.8 Å². The van der Waals surface area contributed by atoms with Crippen molar-refractivity contribution in [3.63, 3.8) is 0 Å². The minimum Gasteiger partial charge on any atom is -0.497 e. The molecule has 8 nitrogen and oxygen atoms in total. The Bertz CT molecular complexity index is 1010. The molecule has 4 rings (SSSR count). The zero-order chi connectivity index (χ0) is 24.8. The number of carbonyl (C=O) groups excluding carboxylic acids is 1. The van der Waals surface area contributed by atoms with Crippen LogP contribution in [0.4, 0.5) is 0 Å². The van der Waals surface area contributed by atoms with Crippen molar-refractivity contribution in [3.8, 4) is 23.0 Å². The van der Waals surface area contributed by atoms with Gasteiger partial charge in [-0.15, -0.1) is 0 Å². The third-order valence-electron chi connectivity index (χ3n) is 6.45. The number of hydrogen-bond acceptors (Lipinski definition) is 7. The Hall–Kier alpha value is -2.97. The van der Waals surface area contributed by atoms with Crippen LogP contribution in [0.3, 0.4) is 0 Å². The fourth-order valence-electron chi connectivity index (χ4n) is 4.34. The SMILES string of the molecule is COc1ccc(C(=O)N(Cc2ccc(OC)c(OCC3(C)COC3)c2)CC2CCCO2)c(OC)c1. The second kappa shape index (κ2) is 11.2. The normalized spacial score (nSPS) is 18.5. The van der Waals surface area contributed by atoms with E-state index in [0.29, 0.717) is 61.5 Å². The van der Waals surface area contributed by atoms with Crippen LogP contribution in [0.15, 0.2) is 36.4 Å².